The van der Waals surface area contributed by atoms with E-state index in [0.717, 1.165) is 35.5 Å². The molecule has 2 aliphatic heterocycles. The average molecular weight is 419 g/mol. The zero-order valence-electron chi connectivity index (χ0n) is 16.3. The molecule has 0 aliphatic carbocycles. The fourth-order valence-electron chi connectivity index (χ4n) is 3.92. The number of ether oxygens (including phenoxy) is 3. The Bertz CT molecular complexity index is 803. The van der Waals surface area contributed by atoms with Crippen LogP contribution in [-0.2, 0) is 15.9 Å². The molecule has 0 bridgehead atoms. The minimum atomic E-state index is -0.581. The summed E-state index contributed by atoms with van der Waals surface area (Å²) in [5, 5.41) is 20.5. The molecule has 0 saturated carbocycles. The van der Waals surface area contributed by atoms with E-state index < -0.39 is 12.2 Å². The fourth-order valence-corrected chi connectivity index (χ4v) is 4.10. The van der Waals surface area contributed by atoms with Gasteiger partial charge in [-0.2, -0.15) is 0 Å². The first-order valence-electron chi connectivity index (χ1n) is 10.2. The summed E-state index contributed by atoms with van der Waals surface area (Å²) in [6.45, 7) is 1.37. The maximum atomic E-state index is 10.4. The van der Waals surface area contributed by atoms with Crippen molar-refractivity contribution >= 4 is 11.6 Å². The lowest BCUT2D eigenvalue weighted by Crippen LogP contribution is -2.34. The molecule has 0 radical (unpaired) electrons. The molecule has 0 amide bonds. The molecule has 5 nitrogen and oxygen atoms in total. The molecule has 2 fully saturated rings. The quantitative estimate of drug-likeness (QED) is 0.749. The Morgan fingerprint density at radius 3 is 2.62 bits per heavy atom. The number of rotatable bonds is 6. The van der Waals surface area contributed by atoms with Crippen molar-refractivity contribution in [3.05, 3.63) is 64.2 Å². The van der Waals surface area contributed by atoms with E-state index in [0.29, 0.717) is 30.9 Å². The predicted molar refractivity (Wildman–Crippen MR) is 110 cm³/mol. The van der Waals surface area contributed by atoms with E-state index >= 15 is 0 Å². The smallest absolute Gasteiger partial charge is 0.124 e. The standard InChI is InChI=1S/C23H27ClO5/c24-21-7-3-16(23-22(26)8-6-19(13-25)29-23)12-17(21)11-15-1-4-18(5-2-15)28-20-9-10-27-14-20/h1-5,7,12,19-20,22-23,25-26H,6,8-11,13-14H2. The SMILES string of the molecule is OCC1CCC(O)C(c2ccc(Cl)c(Cc3ccc(OC4CCOC4)cc3)c2)O1. The number of halogens is 1. The molecule has 2 aromatic rings. The van der Waals surface area contributed by atoms with E-state index in [1.807, 2.05) is 42.5 Å². The molecule has 0 spiro atoms. The molecule has 6 heteroatoms. The largest absolute Gasteiger partial charge is 0.488 e. The van der Waals surface area contributed by atoms with Crippen LogP contribution in [0.25, 0.3) is 0 Å². The topological polar surface area (TPSA) is 68.2 Å². The van der Waals surface area contributed by atoms with Crippen molar-refractivity contribution in [2.75, 3.05) is 19.8 Å². The molecule has 2 N–H and O–H groups in total. The summed E-state index contributed by atoms with van der Waals surface area (Å²) >= 11 is 6.44. The van der Waals surface area contributed by atoms with Crippen molar-refractivity contribution < 1.29 is 24.4 Å². The van der Waals surface area contributed by atoms with Crippen molar-refractivity contribution in [1.29, 1.82) is 0 Å². The van der Waals surface area contributed by atoms with Crippen molar-refractivity contribution in [3.8, 4) is 5.75 Å². The van der Waals surface area contributed by atoms with Crippen molar-refractivity contribution in [2.24, 2.45) is 0 Å². The van der Waals surface area contributed by atoms with Gasteiger partial charge in [0.2, 0.25) is 0 Å². The molecule has 4 atom stereocenters. The Morgan fingerprint density at radius 2 is 1.90 bits per heavy atom. The third-order valence-corrected chi connectivity index (χ3v) is 5.95. The van der Waals surface area contributed by atoms with Gasteiger partial charge in [-0.1, -0.05) is 35.9 Å². The molecule has 4 unspecified atom stereocenters. The summed E-state index contributed by atoms with van der Waals surface area (Å²) in [7, 11) is 0. The number of hydrogen-bond acceptors (Lipinski definition) is 5. The van der Waals surface area contributed by atoms with Gasteiger partial charge in [-0.05, 0) is 54.2 Å². The van der Waals surface area contributed by atoms with E-state index in [1.54, 1.807) is 0 Å². The monoisotopic (exact) mass is 418 g/mol. The van der Waals surface area contributed by atoms with E-state index in [2.05, 4.69) is 0 Å². The van der Waals surface area contributed by atoms with Crippen LogP contribution in [0, 0.1) is 0 Å². The molecule has 0 aromatic heterocycles. The first-order chi connectivity index (χ1) is 14.1. The third-order valence-electron chi connectivity index (χ3n) is 5.58. The average Bonchev–Trinajstić information content (AvgIpc) is 3.25. The minimum absolute atomic E-state index is 0.0366. The zero-order chi connectivity index (χ0) is 20.2. The van der Waals surface area contributed by atoms with Crippen LogP contribution in [0.2, 0.25) is 5.02 Å². The van der Waals surface area contributed by atoms with E-state index in [9.17, 15) is 10.2 Å². The maximum Gasteiger partial charge on any atom is 0.124 e. The zero-order valence-corrected chi connectivity index (χ0v) is 17.1. The van der Waals surface area contributed by atoms with Crippen molar-refractivity contribution in [1.82, 2.24) is 0 Å². The van der Waals surface area contributed by atoms with Gasteiger partial charge in [0.25, 0.3) is 0 Å². The Hall–Kier alpha value is -1.63. The molecule has 156 valence electrons. The summed E-state index contributed by atoms with van der Waals surface area (Å²) in [4.78, 5) is 0. The first kappa shape index (κ1) is 20.6. The highest BCUT2D eigenvalue weighted by Crippen LogP contribution is 2.34. The summed E-state index contributed by atoms with van der Waals surface area (Å²) < 4.78 is 17.2. The minimum Gasteiger partial charge on any atom is -0.488 e. The van der Waals surface area contributed by atoms with Crippen molar-refractivity contribution in [3.63, 3.8) is 0 Å². The molecule has 2 aromatic carbocycles. The van der Waals surface area contributed by atoms with Gasteiger partial charge in [-0.15, -0.1) is 0 Å². The van der Waals surface area contributed by atoms with E-state index in [1.165, 1.54) is 0 Å². The van der Waals surface area contributed by atoms with Crippen LogP contribution in [0.5, 0.6) is 5.75 Å². The van der Waals surface area contributed by atoms with Gasteiger partial charge >= 0.3 is 0 Å². The Labute approximate surface area is 176 Å². The molecular formula is C23H27ClO5. The van der Waals surface area contributed by atoms with E-state index in [-0.39, 0.29) is 18.8 Å². The number of aliphatic hydroxyl groups is 2. The maximum absolute atomic E-state index is 10.4. The highest BCUT2D eigenvalue weighted by atomic mass is 35.5. The molecule has 4 rings (SSSR count). The normalized spacial score (nSPS) is 27.1. The van der Waals surface area contributed by atoms with Crippen LogP contribution in [0.4, 0.5) is 0 Å². The van der Waals surface area contributed by atoms with Gasteiger partial charge in [0.15, 0.2) is 0 Å². The van der Waals surface area contributed by atoms with Crippen LogP contribution >= 0.6 is 11.6 Å². The van der Waals surface area contributed by atoms with E-state index in [4.69, 9.17) is 25.8 Å². The highest BCUT2D eigenvalue weighted by Gasteiger charge is 2.31. The van der Waals surface area contributed by atoms with Crippen molar-refractivity contribution in [2.45, 2.75) is 50.1 Å². The third kappa shape index (κ3) is 5.11. The van der Waals surface area contributed by atoms with Gasteiger partial charge in [-0.25, -0.2) is 0 Å². The number of benzene rings is 2. The Kier molecular flexibility index (Phi) is 6.73. The Morgan fingerprint density at radius 1 is 1.07 bits per heavy atom. The molecule has 2 saturated heterocycles. The highest BCUT2D eigenvalue weighted by molar-refractivity contribution is 6.31. The van der Waals surface area contributed by atoms with Crippen LogP contribution < -0.4 is 4.74 Å². The molecular weight excluding hydrogens is 392 g/mol. The Balaban J connectivity index is 1.46. The van der Waals surface area contributed by atoms with Gasteiger partial charge in [0, 0.05) is 11.4 Å². The molecule has 2 heterocycles. The molecule has 2 aliphatic rings. The second kappa shape index (κ2) is 9.45. The second-order valence-corrected chi connectivity index (χ2v) is 8.19. The lowest BCUT2D eigenvalue weighted by atomic mass is 9.93. The summed E-state index contributed by atoms with van der Waals surface area (Å²) in [6.07, 6.45) is 1.75. The van der Waals surface area contributed by atoms with Crippen LogP contribution in [0.1, 0.15) is 42.1 Å². The van der Waals surface area contributed by atoms with Crippen LogP contribution in [0.15, 0.2) is 42.5 Å². The number of hydrogen-bond donors (Lipinski definition) is 2. The number of aliphatic hydroxyl groups excluding tert-OH is 2. The molecule has 29 heavy (non-hydrogen) atoms. The second-order valence-electron chi connectivity index (χ2n) is 7.78. The predicted octanol–water partition coefficient (Wildman–Crippen LogP) is 3.67. The lowest BCUT2D eigenvalue weighted by Gasteiger charge is -2.33. The van der Waals surface area contributed by atoms with Gasteiger partial charge in [-0.3, -0.25) is 0 Å². The van der Waals surface area contributed by atoms with Gasteiger partial charge in [0.1, 0.15) is 18.0 Å². The summed E-state index contributed by atoms with van der Waals surface area (Å²) in [6, 6.07) is 13.8. The van der Waals surface area contributed by atoms with Gasteiger partial charge in [0.05, 0.1) is 32.0 Å². The van der Waals surface area contributed by atoms with Gasteiger partial charge < -0.3 is 24.4 Å². The summed E-state index contributed by atoms with van der Waals surface area (Å²) in [5.74, 6) is 0.845. The first-order valence-corrected chi connectivity index (χ1v) is 10.6. The van der Waals surface area contributed by atoms with Crippen LogP contribution in [-0.4, -0.2) is 48.3 Å². The summed E-state index contributed by atoms with van der Waals surface area (Å²) in [5.41, 5.74) is 2.98. The van der Waals surface area contributed by atoms with Crippen LogP contribution in [0.3, 0.4) is 0 Å². The lowest BCUT2D eigenvalue weighted by molar-refractivity contribution is -0.132. The fraction of sp³-hybridized carbons (Fsp3) is 0.478.